The van der Waals surface area contributed by atoms with Gasteiger partial charge in [0.2, 0.25) is 0 Å². The molecular weight excluding hydrogens is 240 g/mol. The van der Waals surface area contributed by atoms with Crippen LogP contribution < -0.4 is 0 Å². The molecule has 3 N–H and O–H groups in total. The number of hydrogen-bond donors (Lipinski definition) is 3. The fraction of sp³-hybridized carbons (Fsp3) is 1.00. The summed E-state index contributed by atoms with van der Waals surface area (Å²) < 4.78 is 0. The van der Waals surface area contributed by atoms with Crippen LogP contribution in [0, 0.1) is 0 Å². The zero-order valence-electron chi connectivity index (χ0n) is 12.7. The molecule has 0 rings (SSSR count). The van der Waals surface area contributed by atoms with Crippen molar-refractivity contribution in [3.05, 3.63) is 0 Å². The maximum atomic E-state index is 9.43. The van der Waals surface area contributed by atoms with Crippen molar-refractivity contribution >= 4 is 0 Å². The van der Waals surface area contributed by atoms with Crippen molar-refractivity contribution in [3.8, 4) is 0 Å². The SMILES string of the molecule is CC(O)CCCCCCCCCCCC(O)CCO. The van der Waals surface area contributed by atoms with Crippen molar-refractivity contribution in [1.29, 1.82) is 0 Å². The summed E-state index contributed by atoms with van der Waals surface area (Å²) in [5.74, 6) is 0. The minimum absolute atomic E-state index is 0.0935. The molecule has 0 aromatic carbocycles. The summed E-state index contributed by atoms with van der Waals surface area (Å²) in [4.78, 5) is 0. The molecule has 0 fully saturated rings. The summed E-state index contributed by atoms with van der Waals surface area (Å²) in [5, 5.41) is 27.2. The molecule has 2 atom stereocenters. The Kier molecular flexibility index (Phi) is 14.2. The second-order valence-electron chi connectivity index (χ2n) is 5.77. The molecule has 0 aliphatic heterocycles. The Morgan fingerprint density at radius 3 is 1.47 bits per heavy atom. The minimum Gasteiger partial charge on any atom is -0.396 e. The van der Waals surface area contributed by atoms with Gasteiger partial charge in [0.15, 0.2) is 0 Å². The quantitative estimate of drug-likeness (QED) is 0.425. The van der Waals surface area contributed by atoms with E-state index in [-0.39, 0.29) is 18.8 Å². The molecule has 2 unspecified atom stereocenters. The van der Waals surface area contributed by atoms with Crippen LogP contribution in [0.25, 0.3) is 0 Å². The van der Waals surface area contributed by atoms with E-state index in [0.717, 1.165) is 25.7 Å². The van der Waals surface area contributed by atoms with Crippen molar-refractivity contribution in [2.75, 3.05) is 6.61 Å². The van der Waals surface area contributed by atoms with Gasteiger partial charge in [0.1, 0.15) is 0 Å². The van der Waals surface area contributed by atoms with E-state index in [1.165, 1.54) is 44.9 Å². The van der Waals surface area contributed by atoms with Gasteiger partial charge in [-0.2, -0.15) is 0 Å². The molecule has 0 saturated carbocycles. The highest BCUT2D eigenvalue weighted by Gasteiger charge is 2.02. The van der Waals surface area contributed by atoms with Crippen LogP contribution in [0.3, 0.4) is 0 Å². The number of aliphatic hydroxyl groups excluding tert-OH is 3. The zero-order valence-corrected chi connectivity index (χ0v) is 12.7. The van der Waals surface area contributed by atoms with Crippen molar-refractivity contribution in [2.45, 2.75) is 96.2 Å². The monoisotopic (exact) mass is 274 g/mol. The molecule has 3 heteroatoms. The lowest BCUT2D eigenvalue weighted by molar-refractivity contribution is 0.122. The Hall–Kier alpha value is -0.120. The lowest BCUT2D eigenvalue weighted by atomic mass is 10.0. The lowest BCUT2D eigenvalue weighted by Crippen LogP contribution is -2.08. The third-order valence-electron chi connectivity index (χ3n) is 3.62. The number of unbranched alkanes of at least 4 members (excludes halogenated alkanes) is 8. The van der Waals surface area contributed by atoms with Crippen LogP contribution in [0.2, 0.25) is 0 Å². The first-order valence-corrected chi connectivity index (χ1v) is 8.13. The molecule has 0 radical (unpaired) electrons. The summed E-state index contributed by atoms with van der Waals surface area (Å²) in [6, 6.07) is 0. The summed E-state index contributed by atoms with van der Waals surface area (Å²) in [7, 11) is 0. The van der Waals surface area contributed by atoms with Crippen LogP contribution in [-0.4, -0.2) is 34.1 Å². The third kappa shape index (κ3) is 15.8. The second-order valence-corrected chi connectivity index (χ2v) is 5.77. The Morgan fingerprint density at radius 2 is 1.05 bits per heavy atom. The summed E-state index contributed by atoms with van der Waals surface area (Å²) in [5.41, 5.74) is 0. The smallest absolute Gasteiger partial charge is 0.0562 e. The lowest BCUT2D eigenvalue weighted by Gasteiger charge is -2.08. The van der Waals surface area contributed by atoms with E-state index in [9.17, 15) is 5.11 Å². The van der Waals surface area contributed by atoms with Gasteiger partial charge < -0.3 is 15.3 Å². The van der Waals surface area contributed by atoms with Gasteiger partial charge in [-0.15, -0.1) is 0 Å². The van der Waals surface area contributed by atoms with E-state index in [1.807, 2.05) is 6.92 Å². The van der Waals surface area contributed by atoms with Gasteiger partial charge in [-0.05, 0) is 26.2 Å². The minimum atomic E-state index is -0.307. The van der Waals surface area contributed by atoms with E-state index in [1.54, 1.807) is 0 Å². The fourth-order valence-electron chi connectivity index (χ4n) is 2.35. The van der Waals surface area contributed by atoms with Crippen molar-refractivity contribution in [3.63, 3.8) is 0 Å². The largest absolute Gasteiger partial charge is 0.396 e. The molecule has 0 saturated heterocycles. The van der Waals surface area contributed by atoms with Crippen molar-refractivity contribution in [1.82, 2.24) is 0 Å². The summed E-state index contributed by atoms with van der Waals surface area (Å²) in [6.45, 7) is 1.95. The molecule has 3 nitrogen and oxygen atoms in total. The Bertz CT molecular complexity index is 171. The molecule has 0 amide bonds. The van der Waals surface area contributed by atoms with E-state index < -0.39 is 0 Å². The number of rotatable bonds is 14. The van der Waals surface area contributed by atoms with E-state index in [0.29, 0.717) is 6.42 Å². The Morgan fingerprint density at radius 1 is 0.632 bits per heavy atom. The molecule has 19 heavy (non-hydrogen) atoms. The predicted molar refractivity (Wildman–Crippen MR) is 80.2 cm³/mol. The first-order chi connectivity index (χ1) is 9.16. The molecular formula is C16H34O3. The molecule has 0 heterocycles. The van der Waals surface area contributed by atoms with Crippen LogP contribution in [0.1, 0.15) is 84.0 Å². The van der Waals surface area contributed by atoms with Gasteiger partial charge in [0, 0.05) is 6.61 Å². The first kappa shape index (κ1) is 18.9. The summed E-state index contributed by atoms with van der Waals surface area (Å²) >= 11 is 0. The topological polar surface area (TPSA) is 60.7 Å². The highest BCUT2D eigenvalue weighted by molar-refractivity contribution is 4.55. The molecule has 0 aromatic rings. The van der Waals surface area contributed by atoms with Crippen molar-refractivity contribution < 1.29 is 15.3 Å². The molecule has 116 valence electrons. The van der Waals surface area contributed by atoms with E-state index >= 15 is 0 Å². The molecule has 0 spiro atoms. The Balaban J connectivity index is 3.03. The van der Waals surface area contributed by atoms with Crippen LogP contribution >= 0.6 is 0 Å². The highest BCUT2D eigenvalue weighted by atomic mass is 16.3. The molecule has 0 bridgehead atoms. The maximum Gasteiger partial charge on any atom is 0.0562 e. The number of aliphatic hydroxyl groups is 3. The third-order valence-corrected chi connectivity index (χ3v) is 3.62. The van der Waals surface area contributed by atoms with Crippen molar-refractivity contribution in [2.24, 2.45) is 0 Å². The normalized spacial score (nSPS) is 14.5. The first-order valence-electron chi connectivity index (χ1n) is 8.13. The van der Waals surface area contributed by atoms with E-state index in [2.05, 4.69) is 0 Å². The van der Waals surface area contributed by atoms with Crippen LogP contribution in [0.5, 0.6) is 0 Å². The van der Waals surface area contributed by atoms with Gasteiger partial charge in [0.05, 0.1) is 12.2 Å². The van der Waals surface area contributed by atoms with Crippen LogP contribution in [-0.2, 0) is 0 Å². The molecule has 0 aromatic heterocycles. The Labute approximate surface area is 119 Å². The fourth-order valence-corrected chi connectivity index (χ4v) is 2.35. The average Bonchev–Trinajstić information content (AvgIpc) is 2.36. The molecule has 0 aliphatic rings. The zero-order chi connectivity index (χ0) is 14.3. The van der Waals surface area contributed by atoms with Gasteiger partial charge in [-0.25, -0.2) is 0 Å². The molecule has 0 aliphatic carbocycles. The maximum absolute atomic E-state index is 9.43. The number of hydrogen-bond acceptors (Lipinski definition) is 3. The predicted octanol–water partition coefficient (Wildman–Crippen LogP) is 3.40. The highest BCUT2D eigenvalue weighted by Crippen LogP contribution is 2.13. The van der Waals surface area contributed by atoms with Gasteiger partial charge in [0.25, 0.3) is 0 Å². The van der Waals surface area contributed by atoms with E-state index in [4.69, 9.17) is 10.2 Å². The van der Waals surface area contributed by atoms with Gasteiger partial charge >= 0.3 is 0 Å². The standard InChI is InChI=1S/C16H34O3/c1-15(18)11-9-7-5-3-2-4-6-8-10-12-16(19)13-14-17/h15-19H,2-14H2,1H3. The van der Waals surface area contributed by atoms with Gasteiger partial charge in [-0.3, -0.25) is 0 Å². The average molecular weight is 274 g/mol. The van der Waals surface area contributed by atoms with Crippen LogP contribution in [0.15, 0.2) is 0 Å². The van der Waals surface area contributed by atoms with Gasteiger partial charge in [-0.1, -0.05) is 57.8 Å². The van der Waals surface area contributed by atoms with Crippen LogP contribution in [0.4, 0.5) is 0 Å². The summed E-state index contributed by atoms with van der Waals surface area (Å²) in [6.07, 6.45) is 13.0. The second kappa shape index (κ2) is 14.3.